The molecule has 0 amide bonds. The Kier molecular flexibility index (Phi) is 5.25. The Hall–Kier alpha value is -1.26. The van der Waals surface area contributed by atoms with Gasteiger partial charge in [-0.3, -0.25) is 0 Å². The van der Waals surface area contributed by atoms with E-state index in [4.69, 9.17) is 22.1 Å². The molecule has 2 N–H and O–H groups in total. The van der Waals surface area contributed by atoms with E-state index in [1.807, 2.05) is 6.92 Å². The Balaban J connectivity index is 2.93. The third-order valence-corrected chi connectivity index (χ3v) is 2.67. The summed E-state index contributed by atoms with van der Waals surface area (Å²) in [6, 6.07) is 3.22. The van der Waals surface area contributed by atoms with Crippen LogP contribution < -0.4 is 5.73 Å². The van der Waals surface area contributed by atoms with Crippen molar-refractivity contribution in [3.63, 3.8) is 0 Å². The largest absolute Gasteiger partial charge is 0.465 e. The first-order valence-electron chi connectivity index (χ1n) is 5.34. The number of carbonyl (C=O) groups excluding carboxylic acids is 1. The summed E-state index contributed by atoms with van der Waals surface area (Å²) in [5.41, 5.74) is 7.54. The van der Waals surface area contributed by atoms with Crippen molar-refractivity contribution >= 4 is 23.3 Å². The van der Waals surface area contributed by atoms with Crippen LogP contribution in [0.15, 0.2) is 12.1 Å². The quantitative estimate of drug-likeness (QED) is 0.499. The molecule has 0 radical (unpaired) electrons. The Morgan fingerprint density at radius 1 is 1.47 bits per heavy atom. The Labute approximate surface area is 106 Å². The molecule has 0 unspecified atom stereocenters. The van der Waals surface area contributed by atoms with Crippen molar-refractivity contribution in [1.29, 1.82) is 0 Å². The van der Waals surface area contributed by atoms with E-state index < -0.39 is 5.97 Å². The maximum Gasteiger partial charge on any atom is 0.339 e. The molecule has 0 spiro atoms. The average molecular weight is 258 g/mol. The average Bonchev–Trinajstić information content (AvgIpc) is 2.31. The molecule has 94 valence electrons. The van der Waals surface area contributed by atoms with Gasteiger partial charge in [0, 0.05) is 12.3 Å². The van der Waals surface area contributed by atoms with Crippen LogP contribution in [0, 0.1) is 0 Å². The van der Waals surface area contributed by atoms with Crippen LogP contribution in [0.2, 0.25) is 5.02 Å². The van der Waals surface area contributed by atoms with E-state index in [2.05, 4.69) is 4.74 Å². The van der Waals surface area contributed by atoms with E-state index in [1.165, 1.54) is 7.11 Å². The third kappa shape index (κ3) is 3.61. The molecule has 0 fully saturated rings. The van der Waals surface area contributed by atoms with E-state index in [0.29, 0.717) is 35.9 Å². The number of anilines is 1. The van der Waals surface area contributed by atoms with Gasteiger partial charge in [0.1, 0.15) is 0 Å². The SMILES string of the molecule is CCOCCc1cc(C(=O)OC)c(Cl)cc1N. The predicted molar refractivity (Wildman–Crippen MR) is 67.4 cm³/mol. The zero-order chi connectivity index (χ0) is 12.8. The number of hydrogen-bond acceptors (Lipinski definition) is 4. The molecule has 1 rings (SSSR count). The van der Waals surface area contributed by atoms with Crippen molar-refractivity contribution < 1.29 is 14.3 Å². The molecule has 1 aromatic rings. The molecule has 4 nitrogen and oxygen atoms in total. The van der Waals surface area contributed by atoms with Gasteiger partial charge in [0.15, 0.2) is 0 Å². The maximum atomic E-state index is 11.4. The van der Waals surface area contributed by atoms with E-state index in [0.717, 1.165) is 5.56 Å². The molecular weight excluding hydrogens is 242 g/mol. The number of ether oxygens (including phenoxy) is 2. The molecule has 5 heteroatoms. The number of carbonyl (C=O) groups is 1. The number of esters is 1. The standard InChI is InChI=1S/C12H16ClNO3/c1-3-17-5-4-8-6-9(12(15)16-2)10(13)7-11(8)14/h6-7H,3-5,14H2,1-2H3. The number of methoxy groups -OCH3 is 1. The lowest BCUT2D eigenvalue weighted by Gasteiger charge is -2.09. The summed E-state index contributed by atoms with van der Waals surface area (Å²) < 4.78 is 9.89. The predicted octanol–water partition coefficient (Wildman–Crippen LogP) is 2.29. The van der Waals surface area contributed by atoms with Crippen LogP contribution >= 0.6 is 11.6 Å². The first-order valence-corrected chi connectivity index (χ1v) is 5.71. The zero-order valence-corrected chi connectivity index (χ0v) is 10.7. The molecule has 0 aliphatic rings. The molecule has 0 heterocycles. The maximum absolute atomic E-state index is 11.4. The number of nitrogen functional groups attached to an aromatic ring is 1. The second kappa shape index (κ2) is 6.47. The molecule has 0 saturated carbocycles. The van der Waals surface area contributed by atoms with Crippen LogP contribution in [0.5, 0.6) is 0 Å². The van der Waals surface area contributed by atoms with Gasteiger partial charge < -0.3 is 15.2 Å². The molecule has 0 bridgehead atoms. The minimum atomic E-state index is -0.465. The highest BCUT2D eigenvalue weighted by Gasteiger charge is 2.13. The molecule has 17 heavy (non-hydrogen) atoms. The highest BCUT2D eigenvalue weighted by Crippen LogP contribution is 2.24. The summed E-state index contributed by atoms with van der Waals surface area (Å²) in [5.74, 6) is -0.465. The van der Waals surface area contributed by atoms with Gasteiger partial charge in [-0.15, -0.1) is 0 Å². The van der Waals surface area contributed by atoms with Gasteiger partial charge in [-0.2, -0.15) is 0 Å². The van der Waals surface area contributed by atoms with Gasteiger partial charge in [0.2, 0.25) is 0 Å². The van der Waals surface area contributed by atoms with Crippen molar-refractivity contribution in [3.8, 4) is 0 Å². The van der Waals surface area contributed by atoms with Crippen molar-refractivity contribution in [2.24, 2.45) is 0 Å². The fourth-order valence-electron chi connectivity index (χ4n) is 1.44. The number of nitrogens with two attached hydrogens (primary N) is 1. The van der Waals surface area contributed by atoms with Gasteiger partial charge in [0.25, 0.3) is 0 Å². The van der Waals surface area contributed by atoms with Crippen LogP contribution in [-0.4, -0.2) is 26.3 Å². The molecule has 0 saturated heterocycles. The molecule has 1 aromatic carbocycles. The second-order valence-electron chi connectivity index (χ2n) is 3.47. The Bertz CT molecular complexity index is 407. The number of hydrogen-bond donors (Lipinski definition) is 1. The summed E-state index contributed by atoms with van der Waals surface area (Å²) in [5, 5.41) is 0.300. The Morgan fingerprint density at radius 3 is 2.76 bits per heavy atom. The van der Waals surface area contributed by atoms with Gasteiger partial charge in [-0.1, -0.05) is 11.6 Å². The first kappa shape index (κ1) is 13.8. The molecule has 0 aliphatic carbocycles. The van der Waals surface area contributed by atoms with E-state index in [9.17, 15) is 4.79 Å². The van der Waals surface area contributed by atoms with Gasteiger partial charge in [-0.25, -0.2) is 4.79 Å². The summed E-state index contributed by atoms with van der Waals surface area (Å²) in [4.78, 5) is 11.4. The zero-order valence-electron chi connectivity index (χ0n) is 9.96. The number of rotatable bonds is 5. The van der Waals surface area contributed by atoms with E-state index in [1.54, 1.807) is 12.1 Å². The minimum Gasteiger partial charge on any atom is -0.465 e. The smallest absolute Gasteiger partial charge is 0.339 e. The number of benzene rings is 1. The van der Waals surface area contributed by atoms with Gasteiger partial charge in [0.05, 0.1) is 24.3 Å². The molecule has 0 aliphatic heterocycles. The third-order valence-electron chi connectivity index (χ3n) is 2.35. The molecule has 0 aromatic heterocycles. The van der Waals surface area contributed by atoms with Crippen molar-refractivity contribution in [1.82, 2.24) is 0 Å². The van der Waals surface area contributed by atoms with Crippen molar-refractivity contribution in [2.75, 3.05) is 26.1 Å². The molecule has 0 atom stereocenters. The highest BCUT2D eigenvalue weighted by molar-refractivity contribution is 6.33. The number of halogens is 1. The van der Waals surface area contributed by atoms with Gasteiger partial charge in [-0.05, 0) is 31.0 Å². The van der Waals surface area contributed by atoms with E-state index >= 15 is 0 Å². The first-order chi connectivity index (χ1) is 8.10. The van der Waals surface area contributed by atoms with Gasteiger partial charge >= 0.3 is 5.97 Å². The fourth-order valence-corrected chi connectivity index (χ4v) is 1.69. The van der Waals surface area contributed by atoms with Crippen LogP contribution in [0.25, 0.3) is 0 Å². The molecular formula is C12H16ClNO3. The summed E-state index contributed by atoms with van der Waals surface area (Å²) in [7, 11) is 1.31. The Morgan fingerprint density at radius 2 is 2.18 bits per heavy atom. The summed E-state index contributed by atoms with van der Waals surface area (Å²) in [6.07, 6.45) is 0.640. The van der Waals surface area contributed by atoms with E-state index in [-0.39, 0.29) is 0 Å². The van der Waals surface area contributed by atoms with Crippen molar-refractivity contribution in [2.45, 2.75) is 13.3 Å². The lowest BCUT2D eigenvalue weighted by molar-refractivity contribution is 0.0600. The minimum absolute atomic E-state index is 0.300. The summed E-state index contributed by atoms with van der Waals surface area (Å²) in [6.45, 7) is 3.13. The lowest BCUT2D eigenvalue weighted by Crippen LogP contribution is -2.07. The highest BCUT2D eigenvalue weighted by atomic mass is 35.5. The normalized spacial score (nSPS) is 10.3. The second-order valence-corrected chi connectivity index (χ2v) is 3.88. The lowest BCUT2D eigenvalue weighted by atomic mass is 10.1. The fraction of sp³-hybridized carbons (Fsp3) is 0.417. The van der Waals surface area contributed by atoms with Crippen LogP contribution in [0.3, 0.4) is 0 Å². The van der Waals surface area contributed by atoms with Crippen molar-refractivity contribution in [3.05, 3.63) is 28.3 Å². The summed E-state index contributed by atoms with van der Waals surface area (Å²) >= 11 is 5.92. The van der Waals surface area contributed by atoms with Crippen LogP contribution in [0.4, 0.5) is 5.69 Å². The monoisotopic (exact) mass is 257 g/mol. The topological polar surface area (TPSA) is 61.5 Å². The van der Waals surface area contributed by atoms with Crippen LogP contribution in [0.1, 0.15) is 22.8 Å². The van der Waals surface area contributed by atoms with Crippen LogP contribution in [-0.2, 0) is 15.9 Å².